The lowest BCUT2D eigenvalue weighted by molar-refractivity contribution is -0.138. The van der Waals surface area contributed by atoms with E-state index >= 15 is 0 Å². The molecule has 0 aromatic carbocycles. The first-order valence-electron chi connectivity index (χ1n) is 6.16. The molecule has 7 heteroatoms. The highest BCUT2D eigenvalue weighted by molar-refractivity contribution is 5.75. The first kappa shape index (κ1) is 14.0. The summed E-state index contributed by atoms with van der Waals surface area (Å²) in [5, 5.41) is 4.18. The van der Waals surface area contributed by atoms with E-state index in [0.717, 1.165) is 5.56 Å². The fourth-order valence-corrected chi connectivity index (χ4v) is 1.92. The van der Waals surface area contributed by atoms with Crippen molar-refractivity contribution in [3.05, 3.63) is 29.8 Å². The van der Waals surface area contributed by atoms with Crippen LogP contribution in [0.4, 0.5) is 5.82 Å². The number of hydrogen-bond acceptors (Lipinski definition) is 6. The molecule has 7 nitrogen and oxygen atoms in total. The Balaban J connectivity index is 2.41. The van der Waals surface area contributed by atoms with Gasteiger partial charge < -0.3 is 9.64 Å². The van der Waals surface area contributed by atoms with Gasteiger partial charge in [0.25, 0.3) is 0 Å². The first-order chi connectivity index (χ1) is 9.52. The van der Waals surface area contributed by atoms with E-state index < -0.39 is 0 Å². The Hall–Kier alpha value is -2.44. The van der Waals surface area contributed by atoms with E-state index in [1.54, 1.807) is 22.8 Å². The summed E-state index contributed by atoms with van der Waals surface area (Å²) in [5.41, 5.74) is 0.853. The van der Waals surface area contributed by atoms with Crippen molar-refractivity contribution in [2.45, 2.75) is 13.8 Å². The third-order valence-electron chi connectivity index (χ3n) is 2.88. The van der Waals surface area contributed by atoms with Crippen molar-refractivity contribution >= 4 is 11.8 Å². The van der Waals surface area contributed by atoms with E-state index in [-0.39, 0.29) is 12.5 Å². The number of rotatable bonds is 4. The summed E-state index contributed by atoms with van der Waals surface area (Å²) in [6.45, 7) is 3.84. The summed E-state index contributed by atoms with van der Waals surface area (Å²) in [5.74, 6) is 1.69. The van der Waals surface area contributed by atoms with Gasteiger partial charge in [0, 0.05) is 25.0 Å². The molecule has 0 N–H and O–H groups in total. The van der Waals surface area contributed by atoms with Crippen molar-refractivity contribution in [3.8, 4) is 5.82 Å². The Bertz CT molecular complexity index is 609. The van der Waals surface area contributed by atoms with Gasteiger partial charge in [-0.3, -0.25) is 4.79 Å². The fraction of sp³-hybridized carbons (Fsp3) is 0.385. The van der Waals surface area contributed by atoms with Crippen molar-refractivity contribution in [2.24, 2.45) is 0 Å². The van der Waals surface area contributed by atoms with E-state index in [1.165, 1.54) is 7.11 Å². The van der Waals surface area contributed by atoms with Gasteiger partial charge in [0.05, 0.1) is 7.11 Å². The van der Waals surface area contributed by atoms with Gasteiger partial charge in [-0.1, -0.05) is 0 Å². The van der Waals surface area contributed by atoms with Crippen LogP contribution in [0.1, 0.15) is 11.4 Å². The SMILES string of the molecule is COC(=O)CN(C)c1nc(C)nc(-n2cccn2)c1C. The Morgan fingerprint density at radius 2 is 2.15 bits per heavy atom. The zero-order chi connectivity index (χ0) is 14.7. The molecule has 0 aliphatic rings. The lowest BCUT2D eigenvalue weighted by Gasteiger charge is -2.20. The van der Waals surface area contributed by atoms with Gasteiger partial charge in [0.1, 0.15) is 18.2 Å². The molecular weight excluding hydrogens is 258 g/mol. The molecule has 0 spiro atoms. The second-order valence-corrected chi connectivity index (χ2v) is 4.43. The molecular formula is C13H17N5O2. The number of likely N-dealkylation sites (N-methyl/N-ethyl adjacent to an activating group) is 1. The number of aryl methyl sites for hydroxylation is 1. The Morgan fingerprint density at radius 1 is 1.40 bits per heavy atom. The maximum absolute atomic E-state index is 11.4. The Labute approximate surface area is 117 Å². The molecule has 0 unspecified atom stereocenters. The van der Waals surface area contributed by atoms with Gasteiger partial charge in [-0.05, 0) is 19.9 Å². The molecule has 2 rings (SSSR count). The van der Waals surface area contributed by atoms with Crippen LogP contribution in [0.5, 0.6) is 0 Å². The molecule has 0 aliphatic carbocycles. The molecule has 2 aromatic heterocycles. The molecule has 0 fully saturated rings. The van der Waals surface area contributed by atoms with Gasteiger partial charge in [-0.2, -0.15) is 5.10 Å². The number of hydrogen-bond donors (Lipinski definition) is 0. The van der Waals surface area contributed by atoms with Crippen molar-refractivity contribution < 1.29 is 9.53 Å². The van der Waals surface area contributed by atoms with Crippen LogP contribution < -0.4 is 4.90 Å². The highest BCUT2D eigenvalue weighted by atomic mass is 16.5. The van der Waals surface area contributed by atoms with Gasteiger partial charge in [-0.15, -0.1) is 0 Å². The molecule has 0 bridgehead atoms. The smallest absolute Gasteiger partial charge is 0.325 e. The van der Waals surface area contributed by atoms with Gasteiger partial charge >= 0.3 is 5.97 Å². The van der Waals surface area contributed by atoms with Crippen molar-refractivity contribution in [1.29, 1.82) is 0 Å². The molecule has 2 aromatic rings. The van der Waals surface area contributed by atoms with Crippen LogP contribution in [-0.2, 0) is 9.53 Å². The minimum absolute atomic E-state index is 0.131. The van der Waals surface area contributed by atoms with Gasteiger partial charge in [0.2, 0.25) is 0 Å². The van der Waals surface area contributed by atoms with Crippen LogP contribution in [-0.4, -0.2) is 46.4 Å². The molecule has 0 saturated heterocycles. The van der Waals surface area contributed by atoms with Crippen LogP contribution in [0, 0.1) is 13.8 Å². The molecule has 0 atom stereocenters. The number of carbonyl (C=O) groups is 1. The molecule has 20 heavy (non-hydrogen) atoms. The molecule has 0 saturated carbocycles. The fourth-order valence-electron chi connectivity index (χ4n) is 1.92. The molecule has 106 valence electrons. The first-order valence-corrected chi connectivity index (χ1v) is 6.16. The number of methoxy groups -OCH3 is 1. The van der Waals surface area contributed by atoms with E-state index in [4.69, 9.17) is 0 Å². The van der Waals surface area contributed by atoms with Crippen molar-refractivity contribution in [1.82, 2.24) is 19.7 Å². The zero-order valence-electron chi connectivity index (χ0n) is 12.0. The summed E-state index contributed by atoms with van der Waals surface area (Å²) in [4.78, 5) is 21.9. The summed E-state index contributed by atoms with van der Waals surface area (Å²) in [7, 11) is 3.15. The third-order valence-corrected chi connectivity index (χ3v) is 2.88. The normalized spacial score (nSPS) is 10.4. The van der Waals surface area contributed by atoms with Crippen molar-refractivity contribution in [2.75, 3.05) is 25.6 Å². The molecule has 2 heterocycles. The molecule has 0 aliphatic heterocycles. The minimum Gasteiger partial charge on any atom is -0.468 e. The second-order valence-electron chi connectivity index (χ2n) is 4.43. The predicted molar refractivity (Wildman–Crippen MR) is 73.9 cm³/mol. The van der Waals surface area contributed by atoms with E-state index in [1.807, 2.05) is 26.1 Å². The number of anilines is 1. The topological polar surface area (TPSA) is 73.1 Å². The standard InChI is InChI=1S/C13H17N5O2/c1-9-12(17(3)8-11(19)20-4)15-10(2)16-13(9)18-7-5-6-14-18/h5-7H,8H2,1-4H3. The summed E-state index contributed by atoms with van der Waals surface area (Å²) in [6.07, 6.45) is 3.51. The largest absolute Gasteiger partial charge is 0.468 e. The second kappa shape index (κ2) is 5.68. The lowest BCUT2D eigenvalue weighted by atomic mass is 10.3. The lowest BCUT2D eigenvalue weighted by Crippen LogP contribution is -2.28. The number of esters is 1. The summed E-state index contributed by atoms with van der Waals surface area (Å²) >= 11 is 0. The van der Waals surface area contributed by atoms with Crippen LogP contribution in [0.25, 0.3) is 5.82 Å². The van der Waals surface area contributed by atoms with Gasteiger partial charge in [0.15, 0.2) is 5.82 Å². The quantitative estimate of drug-likeness (QED) is 0.771. The summed E-state index contributed by atoms with van der Waals surface area (Å²) < 4.78 is 6.35. The molecule has 0 amide bonds. The number of aromatic nitrogens is 4. The minimum atomic E-state index is -0.316. The van der Waals surface area contributed by atoms with E-state index in [9.17, 15) is 4.79 Å². The number of nitrogens with zero attached hydrogens (tertiary/aromatic N) is 5. The third kappa shape index (κ3) is 2.76. The average Bonchev–Trinajstić information content (AvgIpc) is 2.94. The van der Waals surface area contributed by atoms with Gasteiger partial charge in [-0.25, -0.2) is 14.6 Å². The Morgan fingerprint density at radius 3 is 2.75 bits per heavy atom. The monoisotopic (exact) mass is 275 g/mol. The maximum atomic E-state index is 11.4. The maximum Gasteiger partial charge on any atom is 0.325 e. The number of ether oxygens (including phenoxy) is 1. The highest BCUT2D eigenvalue weighted by Crippen LogP contribution is 2.21. The average molecular weight is 275 g/mol. The van der Waals surface area contributed by atoms with Crippen LogP contribution in [0.2, 0.25) is 0 Å². The molecule has 0 radical (unpaired) electrons. The predicted octanol–water partition coefficient (Wildman–Crippen LogP) is 0.888. The summed E-state index contributed by atoms with van der Waals surface area (Å²) in [6, 6.07) is 1.83. The zero-order valence-corrected chi connectivity index (χ0v) is 12.0. The van der Waals surface area contributed by atoms with E-state index in [2.05, 4.69) is 19.8 Å². The van der Waals surface area contributed by atoms with Crippen LogP contribution in [0.15, 0.2) is 18.5 Å². The highest BCUT2D eigenvalue weighted by Gasteiger charge is 2.16. The van der Waals surface area contributed by atoms with Crippen LogP contribution >= 0.6 is 0 Å². The van der Waals surface area contributed by atoms with Crippen LogP contribution in [0.3, 0.4) is 0 Å². The Kier molecular flexibility index (Phi) is 3.97. The van der Waals surface area contributed by atoms with E-state index in [0.29, 0.717) is 17.5 Å². The number of carbonyl (C=O) groups excluding carboxylic acids is 1. The van der Waals surface area contributed by atoms with Crippen molar-refractivity contribution in [3.63, 3.8) is 0 Å².